The van der Waals surface area contributed by atoms with Crippen molar-refractivity contribution < 1.29 is 9.47 Å². The first kappa shape index (κ1) is 17.1. The van der Waals surface area contributed by atoms with Crippen molar-refractivity contribution >= 4 is 11.6 Å². The number of para-hydroxylation sites is 1. The summed E-state index contributed by atoms with van der Waals surface area (Å²) < 4.78 is 12.8. The molecule has 1 aliphatic heterocycles. The Morgan fingerprint density at radius 1 is 1.04 bits per heavy atom. The number of allylic oxidation sites excluding steroid dienone is 1. The Morgan fingerprint density at radius 2 is 1.89 bits per heavy atom. The lowest BCUT2D eigenvalue weighted by atomic mass is 9.98. The quantitative estimate of drug-likeness (QED) is 0.766. The third-order valence-corrected chi connectivity index (χ3v) is 4.90. The average Bonchev–Trinajstić information content (AvgIpc) is 3.17. The van der Waals surface area contributed by atoms with Crippen molar-refractivity contribution in [3.8, 4) is 11.5 Å². The molecule has 0 bridgehead atoms. The summed E-state index contributed by atoms with van der Waals surface area (Å²) in [7, 11) is 3.26. The van der Waals surface area contributed by atoms with Crippen molar-refractivity contribution in [1.82, 2.24) is 20.2 Å². The lowest BCUT2D eigenvalue weighted by Crippen LogP contribution is -2.21. The molecule has 7 nitrogen and oxygen atoms in total. The number of anilines is 1. The van der Waals surface area contributed by atoms with Crippen LogP contribution in [0, 0.1) is 13.8 Å². The van der Waals surface area contributed by atoms with Crippen LogP contribution in [0.15, 0.2) is 42.5 Å². The summed E-state index contributed by atoms with van der Waals surface area (Å²) >= 11 is 0. The maximum Gasteiger partial charge on any atom is 0.248 e. The largest absolute Gasteiger partial charge is 0.493 e. The highest BCUT2D eigenvalue weighted by Crippen LogP contribution is 2.40. The predicted molar refractivity (Wildman–Crippen MR) is 103 cm³/mol. The summed E-state index contributed by atoms with van der Waals surface area (Å²) in [6.07, 6.45) is 2.10. The smallest absolute Gasteiger partial charge is 0.248 e. The van der Waals surface area contributed by atoms with Crippen molar-refractivity contribution in [2.45, 2.75) is 19.9 Å². The Labute approximate surface area is 157 Å². The molecular weight excluding hydrogens is 342 g/mol. The second-order valence-corrected chi connectivity index (χ2v) is 6.48. The number of methoxy groups -OCH3 is 2. The van der Waals surface area contributed by atoms with Gasteiger partial charge in [-0.25, -0.2) is 0 Å². The maximum atomic E-state index is 5.63. The molecule has 0 saturated heterocycles. The molecule has 2 aromatic carbocycles. The van der Waals surface area contributed by atoms with E-state index in [1.807, 2.05) is 18.2 Å². The first-order valence-corrected chi connectivity index (χ1v) is 8.67. The van der Waals surface area contributed by atoms with Crippen molar-refractivity contribution in [3.63, 3.8) is 0 Å². The number of hydrogen-bond donors (Lipinski definition) is 1. The predicted octanol–water partition coefficient (Wildman–Crippen LogP) is 3.36. The topological polar surface area (TPSA) is 74.1 Å². The summed E-state index contributed by atoms with van der Waals surface area (Å²) in [6, 6.07) is 12.0. The van der Waals surface area contributed by atoms with E-state index in [1.165, 1.54) is 11.1 Å². The zero-order valence-electron chi connectivity index (χ0n) is 15.7. The number of nitrogens with one attached hydrogen (secondary N) is 1. The number of aromatic nitrogens is 4. The molecule has 4 rings (SSSR count). The minimum absolute atomic E-state index is 0.224. The minimum Gasteiger partial charge on any atom is -0.493 e. The van der Waals surface area contributed by atoms with Crippen LogP contribution in [-0.4, -0.2) is 34.4 Å². The van der Waals surface area contributed by atoms with Gasteiger partial charge in [0.1, 0.15) is 6.04 Å². The van der Waals surface area contributed by atoms with Crippen LogP contribution in [0.4, 0.5) is 5.95 Å². The van der Waals surface area contributed by atoms with Crippen LogP contribution in [0.5, 0.6) is 11.5 Å². The van der Waals surface area contributed by atoms with E-state index in [0.29, 0.717) is 17.4 Å². The molecule has 0 fully saturated rings. The molecule has 0 aliphatic carbocycles. The van der Waals surface area contributed by atoms with Gasteiger partial charge in [-0.05, 0) is 59.2 Å². The van der Waals surface area contributed by atoms with Gasteiger partial charge in [-0.2, -0.15) is 4.68 Å². The minimum atomic E-state index is -0.224. The van der Waals surface area contributed by atoms with Crippen LogP contribution in [-0.2, 0) is 0 Å². The fourth-order valence-electron chi connectivity index (χ4n) is 3.30. The molecular formula is C20H21N5O2. The van der Waals surface area contributed by atoms with Crippen molar-refractivity contribution in [2.75, 3.05) is 19.5 Å². The molecule has 7 heteroatoms. The van der Waals surface area contributed by atoms with E-state index >= 15 is 0 Å². The number of fused-ring (bicyclic) bond motifs is 1. The number of aryl methyl sites for hydroxylation is 2. The van der Waals surface area contributed by atoms with E-state index < -0.39 is 0 Å². The van der Waals surface area contributed by atoms with E-state index in [0.717, 1.165) is 16.8 Å². The Kier molecular flexibility index (Phi) is 4.27. The SMILES string of the molecule is COc1cccc([C@@H]2C=C(c3ccc(C)c(C)c3)Nc3nnnn32)c1OC. The number of ether oxygens (including phenoxy) is 2. The van der Waals surface area contributed by atoms with Crippen molar-refractivity contribution in [3.05, 3.63) is 64.7 Å². The van der Waals surface area contributed by atoms with Gasteiger partial charge in [0.25, 0.3) is 0 Å². The van der Waals surface area contributed by atoms with Crippen LogP contribution in [0.1, 0.15) is 28.3 Å². The van der Waals surface area contributed by atoms with Gasteiger partial charge in [0.15, 0.2) is 11.5 Å². The molecule has 0 saturated carbocycles. The molecule has 0 spiro atoms. The Morgan fingerprint density at radius 3 is 2.63 bits per heavy atom. The monoisotopic (exact) mass is 363 g/mol. The highest BCUT2D eigenvalue weighted by molar-refractivity contribution is 5.77. The Bertz CT molecular complexity index is 1020. The van der Waals surface area contributed by atoms with Gasteiger partial charge >= 0.3 is 0 Å². The molecule has 1 aliphatic rings. The summed E-state index contributed by atoms with van der Waals surface area (Å²) in [5, 5.41) is 15.4. The van der Waals surface area contributed by atoms with Crippen LogP contribution < -0.4 is 14.8 Å². The van der Waals surface area contributed by atoms with Gasteiger partial charge in [0.2, 0.25) is 5.95 Å². The molecule has 1 N–H and O–H groups in total. The Balaban J connectivity index is 1.86. The average molecular weight is 363 g/mol. The van der Waals surface area contributed by atoms with E-state index in [4.69, 9.17) is 9.47 Å². The maximum absolute atomic E-state index is 5.63. The second-order valence-electron chi connectivity index (χ2n) is 6.48. The molecule has 138 valence electrons. The van der Waals surface area contributed by atoms with Crippen LogP contribution in [0.25, 0.3) is 5.70 Å². The van der Waals surface area contributed by atoms with Gasteiger partial charge in [0.05, 0.1) is 14.2 Å². The molecule has 0 amide bonds. The molecule has 1 atom stereocenters. The van der Waals surface area contributed by atoms with Crippen LogP contribution in [0.3, 0.4) is 0 Å². The first-order chi connectivity index (χ1) is 13.1. The van der Waals surface area contributed by atoms with Gasteiger partial charge in [-0.15, -0.1) is 0 Å². The van der Waals surface area contributed by atoms with Crippen molar-refractivity contribution in [1.29, 1.82) is 0 Å². The molecule has 0 radical (unpaired) electrons. The second kappa shape index (κ2) is 6.75. The summed E-state index contributed by atoms with van der Waals surface area (Å²) in [5.41, 5.74) is 5.45. The summed E-state index contributed by atoms with van der Waals surface area (Å²) in [6.45, 7) is 4.21. The zero-order chi connectivity index (χ0) is 19.0. The third-order valence-electron chi connectivity index (χ3n) is 4.90. The van der Waals surface area contributed by atoms with E-state index in [2.05, 4.69) is 59.0 Å². The van der Waals surface area contributed by atoms with Crippen molar-refractivity contribution in [2.24, 2.45) is 0 Å². The van der Waals surface area contributed by atoms with Crippen LogP contribution >= 0.6 is 0 Å². The lowest BCUT2D eigenvalue weighted by Gasteiger charge is -2.25. The summed E-state index contributed by atoms with van der Waals surface area (Å²) in [5.74, 6) is 1.92. The first-order valence-electron chi connectivity index (χ1n) is 8.67. The number of benzene rings is 2. The molecule has 3 aromatic rings. The highest BCUT2D eigenvalue weighted by atomic mass is 16.5. The van der Waals surface area contributed by atoms with Gasteiger partial charge in [-0.1, -0.05) is 29.4 Å². The standard InChI is InChI=1S/C20H21N5O2/c1-12-8-9-14(10-13(12)2)16-11-17(25-20(21-16)22-23-24-25)15-6-5-7-18(26-3)19(15)27-4/h5-11,17H,1-4H3,(H,21,22,24)/t17-/m0/s1. The number of hydrogen-bond acceptors (Lipinski definition) is 6. The molecule has 1 aromatic heterocycles. The van der Waals surface area contributed by atoms with E-state index in [9.17, 15) is 0 Å². The molecule has 27 heavy (non-hydrogen) atoms. The normalized spacial score (nSPS) is 15.6. The lowest BCUT2D eigenvalue weighted by molar-refractivity contribution is 0.348. The number of rotatable bonds is 4. The summed E-state index contributed by atoms with van der Waals surface area (Å²) in [4.78, 5) is 0. The van der Waals surface area contributed by atoms with Crippen LogP contribution in [0.2, 0.25) is 0 Å². The number of nitrogens with zero attached hydrogens (tertiary/aromatic N) is 4. The van der Waals surface area contributed by atoms with Gasteiger partial charge in [-0.3, -0.25) is 0 Å². The third kappa shape index (κ3) is 2.91. The van der Waals surface area contributed by atoms with Gasteiger partial charge in [0, 0.05) is 11.3 Å². The molecule has 0 unspecified atom stereocenters. The van der Waals surface area contributed by atoms with E-state index in [1.54, 1.807) is 18.9 Å². The Hall–Kier alpha value is -3.35. The molecule has 2 heterocycles. The fraction of sp³-hybridized carbons (Fsp3) is 0.250. The van der Waals surface area contributed by atoms with E-state index in [-0.39, 0.29) is 6.04 Å². The van der Waals surface area contributed by atoms with Gasteiger partial charge < -0.3 is 14.8 Å². The highest BCUT2D eigenvalue weighted by Gasteiger charge is 2.27. The number of tetrazole rings is 1. The zero-order valence-corrected chi connectivity index (χ0v) is 15.7. The fourth-order valence-corrected chi connectivity index (χ4v) is 3.30.